The van der Waals surface area contributed by atoms with Crippen LogP contribution in [-0.4, -0.2) is 76.6 Å². The van der Waals surface area contributed by atoms with E-state index in [0.29, 0.717) is 4.57 Å². The van der Waals surface area contributed by atoms with Crippen molar-refractivity contribution in [3.05, 3.63) is 32.6 Å². The van der Waals surface area contributed by atoms with Crippen LogP contribution in [0.2, 0.25) is 0 Å². The fourth-order valence-corrected chi connectivity index (χ4v) is 3.57. The van der Waals surface area contributed by atoms with Crippen molar-refractivity contribution in [3.63, 3.8) is 0 Å². The maximum atomic E-state index is 15.5. The average Bonchev–Trinajstić information content (AvgIpc) is 2.68. The summed E-state index contributed by atoms with van der Waals surface area (Å²) in [5.74, 6) is -1.38. The molecule has 0 radical (unpaired) electrons. The number of H-pyrrole nitrogens is 1. The predicted molar refractivity (Wildman–Crippen MR) is 95.7 cm³/mol. The number of halogens is 1. The highest BCUT2D eigenvalue weighted by molar-refractivity contribution is 7.46. The van der Waals surface area contributed by atoms with Crippen LogP contribution in [0.3, 0.4) is 0 Å². The fourth-order valence-electron chi connectivity index (χ4n) is 2.85. The number of phosphoric acid groups is 1. The van der Waals surface area contributed by atoms with E-state index >= 15 is 4.39 Å². The first-order valence-corrected chi connectivity index (χ1v) is 8.96. The van der Waals surface area contributed by atoms with Crippen LogP contribution < -0.4 is 11.2 Å². The molecule has 1 fully saturated rings. The minimum Gasteiger partial charge on any atom is -0.386 e. The number of nitrogens with one attached hydrogen (secondary N) is 1. The minimum absolute atomic E-state index is 0.344. The van der Waals surface area contributed by atoms with Crippen LogP contribution in [0.25, 0.3) is 0 Å². The summed E-state index contributed by atoms with van der Waals surface area (Å²) in [5, 5.41) is 18.1. The molecular formula is C11H15B3FN2O9P. The number of hydrogen-bond acceptors (Lipinski definition) is 7. The summed E-state index contributed by atoms with van der Waals surface area (Å²) < 4.78 is 36.7. The molecular weight excluding hydrogens is 387 g/mol. The summed E-state index contributed by atoms with van der Waals surface area (Å²) in [6.07, 6.45) is 1.46. The number of phosphoric ester groups is 1. The zero-order valence-electron chi connectivity index (χ0n) is 14.4. The second-order valence-electron chi connectivity index (χ2n) is 6.60. The second kappa shape index (κ2) is 6.46. The Morgan fingerprint density at radius 3 is 2.44 bits per heavy atom. The summed E-state index contributed by atoms with van der Waals surface area (Å²) in [5.41, 5.74) is -4.70. The van der Waals surface area contributed by atoms with E-state index in [1.165, 1.54) is 0 Å². The number of aromatic amines is 1. The summed E-state index contributed by atoms with van der Waals surface area (Å²) >= 11 is 0. The van der Waals surface area contributed by atoms with Gasteiger partial charge in [0.1, 0.15) is 39.1 Å². The van der Waals surface area contributed by atoms with Crippen molar-refractivity contribution in [2.75, 3.05) is 0 Å². The van der Waals surface area contributed by atoms with Gasteiger partial charge in [0.05, 0.1) is 5.40 Å². The largest absolute Gasteiger partial charge is 0.468 e. The van der Waals surface area contributed by atoms with Gasteiger partial charge < -0.3 is 24.7 Å². The van der Waals surface area contributed by atoms with Crippen LogP contribution in [-0.2, 0) is 19.4 Å². The lowest BCUT2D eigenvalue weighted by molar-refractivity contribution is -0.240. The number of ether oxygens (including phenoxy) is 1. The molecule has 0 aromatic carbocycles. The highest BCUT2D eigenvalue weighted by Gasteiger charge is 2.68. The summed E-state index contributed by atoms with van der Waals surface area (Å²) in [4.78, 5) is 43.5. The SMILES string of the molecule is BC(B)(OP(=O)(O)O)[C@@]1(F)O[C@@](B)(n2cc(C#C)c(=O)[nH]c2=O)[C@H](O)[C@@H]1O. The fraction of sp³-hybridized carbons (Fsp3) is 0.455. The van der Waals surface area contributed by atoms with Gasteiger partial charge in [-0.05, 0) is 0 Å². The molecule has 1 aromatic rings. The lowest BCUT2D eigenvalue weighted by Gasteiger charge is -2.39. The molecule has 0 spiro atoms. The minimum atomic E-state index is -5.23. The number of alkyl halides is 1. The van der Waals surface area contributed by atoms with Gasteiger partial charge in [-0.2, -0.15) is 0 Å². The van der Waals surface area contributed by atoms with E-state index in [4.69, 9.17) is 20.9 Å². The van der Waals surface area contributed by atoms with E-state index in [0.717, 1.165) is 29.7 Å². The molecule has 0 aliphatic carbocycles. The first kappa shape index (κ1) is 21.7. The van der Waals surface area contributed by atoms with Gasteiger partial charge in [0.15, 0.2) is 7.85 Å². The van der Waals surface area contributed by atoms with Crippen LogP contribution in [0.15, 0.2) is 15.8 Å². The number of aliphatic hydroxyl groups is 2. The summed E-state index contributed by atoms with van der Waals surface area (Å²) in [6, 6.07) is 0. The first-order valence-electron chi connectivity index (χ1n) is 7.43. The van der Waals surface area contributed by atoms with E-state index in [9.17, 15) is 24.4 Å². The van der Waals surface area contributed by atoms with Gasteiger partial charge in [-0.3, -0.25) is 18.9 Å². The van der Waals surface area contributed by atoms with E-state index in [-0.39, 0.29) is 5.56 Å². The van der Waals surface area contributed by atoms with E-state index in [1.54, 1.807) is 0 Å². The third-order valence-corrected chi connectivity index (χ3v) is 5.02. The maximum absolute atomic E-state index is 15.5. The van der Waals surface area contributed by atoms with Gasteiger partial charge in [0.25, 0.3) is 11.4 Å². The van der Waals surface area contributed by atoms with Gasteiger partial charge >= 0.3 is 13.5 Å². The van der Waals surface area contributed by atoms with Crippen molar-refractivity contribution in [1.82, 2.24) is 9.55 Å². The smallest absolute Gasteiger partial charge is 0.386 e. The quantitative estimate of drug-likeness (QED) is 0.187. The molecule has 27 heavy (non-hydrogen) atoms. The molecule has 1 aromatic heterocycles. The van der Waals surface area contributed by atoms with Crippen LogP contribution in [0.1, 0.15) is 5.56 Å². The molecule has 1 aliphatic heterocycles. The van der Waals surface area contributed by atoms with Crippen molar-refractivity contribution in [1.29, 1.82) is 0 Å². The first-order chi connectivity index (χ1) is 12.1. The second-order valence-corrected chi connectivity index (χ2v) is 7.76. The molecule has 144 valence electrons. The molecule has 0 bridgehead atoms. The third-order valence-electron chi connectivity index (χ3n) is 4.33. The topological polar surface area (TPSA) is 171 Å². The lowest BCUT2D eigenvalue weighted by Crippen LogP contribution is -2.60. The third kappa shape index (κ3) is 3.45. The standard InChI is InChI=1S/C11H15B3FN2O9P/c1-2-4-3-17(8(21)16-7(4)20)10(12)6(19)5(18)9(15,25-10)11(13,14)26-27(22,23)24/h1,3,5-6,18-19H,12-14H2,(H,16,20,21)(H2,22,23,24)/t5-,6+,9-,10-/m0/s1. The number of aromatic nitrogens is 2. The van der Waals surface area contributed by atoms with Crippen molar-refractivity contribution in [2.24, 2.45) is 0 Å². The average molecular weight is 402 g/mol. The molecule has 4 atom stereocenters. The molecule has 16 heteroatoms. The van der Waals surface area contributed by atoms with E-state index in [2.05, 4.69) is 4.52 Å². The van der Waals surface area contributed by atoms with Crippen molar-refractivity contribution < 1.29 is 38.2 Å². The molecule has 0 saturated carbocycles. The molecule has 5 N–H and O–H groups in total. The number of aliphatic hydroxyl groups excluding tert-OH is 2. The van der Waals surface area contributed by atoms with Gasteiger partial charge in [0, 0.05) is 6.20 Å². The Morgan fingerprint density at radius 1 is 1.41 bits per heavy atom. The molecule has 2 heterocycles. The highest BCUT2D eigenvalue weighted by atomic mass is 31.2. The van der Waals surface area contributed by atoms with Crippen LogP contribution in [0.5, 0.6) is 0 Å². The molecule has 0 unspecified atom stereocenters. The lowest BCUT2D eigenvalue weighted by atomic mass is 9.59. The number of terminal acetylenes is 1. The van der Waals surface area contributed by atoms with Crippen LogP contribution in [0.4, 0.5) is 4.39 Å². The van der Waals surface area contributed by atoms with E-state index < -0.39 is 48.2 Å². The van der Waals surface area contributed by atoms with Gasteiger partial charge in [-0.15, -0.1) is 6.42 Å². The van der Waals surface area contributed by atoms with Gasteiger partial charge in [-0.25, -0.2) is 13.8 Å². The summed E-state index contributed by atoms with van der Waals surface area (Å²) in [7, 11) is -2.47. The molecule has 0 amide bonds. The Hall–Kier alpha value is -1.65. The van der Waals surface area contributed by atoms with Crippen LogP contribution in [0, 0.1) is 12.3 Å². The zero-order valence-corrected chi connectivity index (χ0v) is 15.3. The van der Waals surface area contributed by atoms with E-state index in [1.807, 2.05) is 10.9 Å². The Morgan fingerprint density at radius 2 is 1.96 bits per heavy atom. The van der Waals surface area contributed by atoms with Crippen LogP contribution >= 0.6 is 7.82 Å². The predicted octanol–water partition coefficient (Wildman–Crippen LogP) is -5.79. The highest BCUT2D eigenvalue weighted by Crippen LogP contribution is 2.50. The number of rotatable bonds is 4. The normalized spacial score (nSPS) is 31.6. The van der Waals surface area contributed by atoms with Gasteiger partial charge in [-0.1, -0.05) is 5.92 Å². The van der Waals surface area contributed by atoms with Crippen molar-refractivity contribution >= 4 is 31.4 Å². The molecule has 2 rings (SSSR count). The Labute approximate surface area is 154 Å². The van der Waals surface area contributed by atoms with Crippen molar-refractivity contribution in [3.8, 4) is 12.3 Å². The molecule has 1 aliphatic rings. The maximum Gasteiger partial charge on any atom is 0.468 e. The number of nitrogens with zero attached hydrogens (tertiary/aromatic N) is 1. The Bertz CT molecular complexity index is 971. The summed E-state index contributed by atoms with van der Waals surface area (Å²) in [6.45, 7) is 0. The number of hydrogen-bond donors (Lipinski definition) is 5. The Kier molecular flexibility index (Phi) is 5.18. The Balaban J connectivity index is 2.63. The molecule has 11 nitrogen and oxygen atoms in total. The van der Waals surface area contributed by atoms with Gasteiger partial charge in [0.2, 0.25) is 0 Å². The monoisotopic (exact) mass is 402 g/mol. The zero-order chi connectivity index (χ0) is 21.0. The molecule has 1 saturated heterocycles. The van der Waals surface area contributed by atoms with Crippen molar-refractivity contribution in [2.45, 2.75) is 29.1 Å².